The molecule has 2 heterocycles. The second-order valence-corrected chi connectivity index (χ2v) is 3.97. The maximum Gasteiger partial charge on any atom is 0.230 e. The maximum atomic E-state index is 5.50. The van der Waals surface area contributed by atoms with Gasteiger partial charge in [-0.1, -0.05) is 6.92 Å². The van der Waals surface area contributed by atoms with E-state index in [2.05, 4.69) is 27.3 Å². The predicted octanol–water partition coefficient (Wildman–Crippen LogP) is 0.426. The molecular formula is C10H18N4O. The number of hydrogen-bond donors (Lipinski definition) is 1. The molecule has 1 aliphatic heterocycles. The largest absolute Gasteiger partial charge is 0.424 e. The highest BCUT2D eigenvalue weighted by Gasteiger charge is 2.19. The highest BCUT2D eigenvalue weighted by Crippen LogP contribution is 2.09. The fourth-order valence-corrected chi connectivity index (χ4v) is 1.79. The van der Waals surface area contributed by atoms with Crippen molar-refractivity contribution in [1.82, 2.24) is 20.4 Å². The normalized spacial score (nSPS) is 23.2. The van der Waals surface area contributed by atoms with Crippen molar-refractivity contribution in [3.8, 4) is 0 Å². The van der Waals surface area contributed by atoms with E-state index in [-0.39, 0.29) is 0 Å². The Morgan fingerprint density at radius 2 is 2.27 bits per heavy atom. The zero-order valence-electron chi connectivity index (χ0n) is 9.36. The lowest BCUT2D eigenvalue weighted by Crippen LogP contribution is -2.49. The molecule has 1 aromatic heterocycles. The molecule has 0 bridgehead atoms. The fourth-order valence-electron chi connectivity index (χ4n) is 1.79. The van der Waals surface area contributed by atoms with E-state index in [0.717, 1.165) is 44.4 Å². The molecule has 84 valence electrons. The number of piperazine rings is 1. The molecule has 0 saturated carbocycles. The number of aryl methyl sites for hydroxylation is 1. The third-order valence-corrected chi connectivity index (χ3v) is 2.79. The standard InChI is InChI=1S/C10H18N4O/c1-3-9-12-13-10(15-9)7-14-5-4-11-6-8(14)2/h8,11H,3-7H2,1-2H3/t8-/m1/s1. The third kappa shape index (κ3) is 2.54. The fraction of sp³-hybridized carbons (Fsp3) is 0.800. The second-order valence-electron chi connectivity index (χ2n) is 3.97. The SMILES string of the molecule is CCc1nnc(CN2CCNC[C@H]2C)o1. The van der Waals surface area contributed by atoms with Crippen LogP contribution in [0.15, 0.2) is 4.42 Å². The number of aromatic nitrogens is 2. The average molecular weight is 210 g/mol. The van der Waals surface area contributed by atoms with Crippen LogP contribution >= 0.6 is 0 Å². The van der Waals surface area contributed by atoms with E-state index in [9.17, 15) is 0 Å². The number of nitrogens with one attached hydrogen (secondary N) is 1. The molecule has 1 aliphatic rings. The summed E-state index contributed by atoms with van der Waals surface area (Å²) in [6, 6.07) is 0.538. The van der Waals surface area contributed by atoms with Crippen molar-refractivity contribution < 1.29 is 4.42 Å². The van der Waals surface area contributed by atoms with Crippen molar-refractivity contribution in [2.75, 3.05) is 19.6 Å². The van der Waals surface area contributed by atoms with E-state index in [1.807, 2.05) is 6.92 Å². The first-order valence-corrected chi connectivity index (χ1v) is 5.55. The van der Waals surface area contributed by atoms with Crippen LogP contribution in [0, 0.1) is 0 Å². The van der Waals surface area contributed by atoms with E-state index in [1.165, 1.54) is 0 Å². The van der Waals surface area contributed by atoms with Crippen LogP contribution in [0.1, 0.15) is 25.6 Å². The summed E-state index contributed by atoms with van der Waals surface area (Å²) in [7, 11) is 0. The van der Waals surface area contributed by atoms with Crippen molar-refractivity contribution in [3.05, 3.63) is 11.8 Å². The highest BCUT2D eigenvalue weighted by molar-refractivity contribution is 4.84. The first-order chi connectivity index (χ1) is 7.29. The minimum Gasteiger partial charge on any atom is -0.424 e. The average Bonchev–Trinajstić information content (AvgIpc) is 2.69. The van der Waals surface area contributed by atoms with Gasteiger partial charge in [0.2, 0.25) is 11.8 Å². The lowest BCUT2D eigenvalue weighted by Gasteiger charge is -2.32. The molecule has 0 amide bonds. The summed E-state index contributed by atoms with van der Waals surface area (Å²) in [6.07, 6.45) is 0.810. The molecular weight excluding hydrogens is 192 g/mol. The number of hydrogen-bond acceptors (Lipinski definition) is 5. The van der Waals surface area contributed by atoms with Crippen molar-refractivity contribution in [1.29, 1.82) is 0 Å². The predicted molar refractivity (Wildman–Crippen MR) is 56.4 cm³/mol. The smallest absolute Gasteiger partial charge is 0.230 e. The minimum atomic E-state index is 0.538. The van der Waals surface area contributed by atoms with E-state index < -0.39 is 0 Å². The van der Waals surface area contributed by atoms with Gasteiger partial charge >= 0.3 is 0 Å². The summed E-state index contributed by atoms with van der Waals surface area (Å²) in [4.78, 5) is 2.36. The Balaban J connectivity index is 1.95. The third-order valence-electron chi connectivity index (χ3n) is 2.79. The summed E-state index contributed by atoms with van der Waals surface area (Å²) < 4.78 is 5.50. The monoisotopic (exact) mass is 210 g/mol. The van der Waals surface area contributed by atoms with Gasteiger partial charge in [-0.25, -0.2) is 0 Å². The van der Waals surface area contributed by atoms with Crippen molar-refractivity contribution in [3.63, 3.8) is 0 Å². The van der Waals surface area contributed by atoms with Crippen LogP contribution in [0.2, 0.25) is 0 Å². The van der Waals surface area contributed by atoms with Crippen LogP contribution in [0.25, 0.3) is 0 Å². The van der Waals surface area contributed by atoms with Crippen LogP contribution in [-0.2, 0) is 13.0 Å². The Morgan fingerprint density at radius 3 is 2.93 bits per heavy atom. The van der Waals surface area contributed by atoms with Crippen LogP contribution in [0.5, 0.6) is 0 Å². The molecule has 0 unspecified atom stereocenters. The Morgan fingerprint density at radius 1 is 1.47 bits per heavy atom. The molecule has 0 radical (unpaired) electrons. The molecule has 0 spiro atoms. The lowest BCUT2D eigenvalue weighted by molar-refractivity contribution is 0.150. The molecule has 1 atom stereocenters. The molecule has 0 aromatic carbocycles. The van der Waals surface area contributed by atoms with Gasteiger partial charge in [0.05, 0.1) is 6.54 Å². The quantitative estimate of drug-likeness (QED) is 0.784. The summed E-state index contributed by atoms with van der Waals surface area (Å²) in [5.74, 6) is 1.47. The summed E-state index contributed by atoms with van der Waals surface area (Å²) >= 11 is 0. The van der Waals surface area contributed by atoms with Crippen LogP contribution < -0.4 is 5.32 Å². The topological polar surface area (TPSA) is 54.2 Å². The van der Waals surface area contributed by atoms with Gasteiger partial charge in [-0.15, -0.1) is 10.2 Å². The van der Waals surface area contributed by atoms with E-state index in [0.29, 0.717) is 6.04 Å². The summed E-state index contributed by atoms with van der Waals surface area (Å²) in [5, 5.41) is 11.4. The number of nitrogens with zero attached hydrogens (tertiary/aromatic N) is 3. The van der Waals surface area contributed by atoms with Gasteiger partial charge in [0.1, 0.15) is 0 Å². The minimum absolute atomic E-state index is 0.538. The van der Waals surface area contributed by atoms with Gasteiger partial charge in [-0.05, 0) is 6.92 Å². The Kier molecular flexibility index (Phi) is 3.33. The van der Waals surface area contributed by atoms with Gasteiger partial charge in [0.15, 0.2) is 0 Å². The zero-order valence-corrected chi connectivity index (χ0v) is 9.36. The van der Waals surface area contributed by atoms with Crippen LogP contribution in [0.4, 0.5) is 0 Å². The number of rotatable bonds is 3. The zero-order chi connectivity index (χ0) is 10.7. The van der Waals surface area contributed by atoms with Gasteiger partial charge in [0.25, 0.3) is 0 Å². The van der Waals surface area contributed by atoms with Gasteiger partial charge in [-0.3, -0.25) is 4.90 Å². The Bertz CT molecular complexity index is 312. The Labute approximate surface area is 89.9 Å². The van der Waals surface area contributed by atoms with E-state index in [4.69, 9.17) is 4.42 Å². The van der Waals surface area contributed by atoms with E-state index >= 15 is 0 Å². The second kappa shape index (κ2) is 4.72. The van der Waals surface area contributed by atoms with Crippen molar-refractivity contribution >= 4 is 0 Å². The van der Waals surface area contributed by atoms with E-state index in [1.54, 1.807) is 0 Å². The molecule has 15 heavy (non-hydrogen) atoms. The maximum absolute atomic E-state index is 5.50. The molecule has 2 rings (SSSR count). The lowest BCUT2D eigenvalue weighted by atomic mass is 10.2. The Hall–Kier alpha value is -0.940. The summed E-state index contributed by atoms with van der Waals surface area (Å²) in [6.45, 7) is 8.13. The molecule has 1 fully saturated rings. The van der Waals surface area contributed by atoms with Gasteiger partial charge < -0.3 is 9.73 Å². The van der Waals surface area contributed by atoms with Gasteiger partial charge in [0, 0.05) is 32.1 Å². The molecule has 0 aliphatic carbocycles. The molecule has 1 saturated heterocycles. The molecule has 5 nitrogen and oxygen atoms in total. The van der Waals surface area contributed by atoms with Crippen molar-refractivity contribution in [2.45, 2.75) is 32.9 Å². The first kappa shape index (κ1) is 10.6. The van der Waals surface area contributed by atoms with Crippen LogP contribution in [-0.4, -0.2) is 40.8 Å². The van der Waals surface area contributed by atoms with Crippen LogP contribution in [0.3, 0.4) is 0 Å². The summed E-state index contributed by atoms with van der Waals surface area (Å²) in [5.41, 5.74) is 0. The molecule has 1 N–H and O–H groups in total. The highest BCUT2D eigenvalue weighted by atomic mass is 16.4. The first-order valence-electron chi connectivity index (χ1n) is 5.55. The molecule has 1 aromatic rings. The van der Waals surface area contributed by atoms with Gasteiger partial charge in [-0.2, -0.15) is 0 Å². The molecule has 5 heteroatoms. The van der Waals surface area contributed by atoms with Crippen molar-refractivity contribution in [2.24, 2.45) is 0 Å².